The van der Waals surface area contributed by atoms with E-state index >= 15 is 0 Å². The Bertz CT molecular complexity index is 406. The zero-order valence-corrected chi connectivity index (χ0v) is 8.68. The smallest absolute Gasteiger partial charge is 0.338 e. The molecule has 1 aliphatic carbocycles. The normalized spacial score (nSPS) is 16.5. The van der Waals surface area contributed by atoms with Gasteiger partial charge in [-0.1, -0.05) is 18.2 Å². The predicted octanol–water partition coefficient (Wildman–Crippen LogP) is 1.71. The van der Waals surface area contributed by atoms with Crippen LogP contribution < -0.4 is 0 Å². The molecule has 0 aliphatic heterocycles. The first-order valence-corrected chi connectivity index (χ1v) is 5.10. The molecule has 1 fully saturated rings. The molecule has 2 rings (SSSR count). The Labute approximate surface area is 92.8 Å². The number of carbonyl (C=O) groups is 2. The molecule has 84 valence electrons. The van der Waals surface area contributed by atoms with Crippen LogP contribution >= 0.6 is 0 Å². The van der Waals surface area contributed by atoms with Gasteiger partial charge in [-0.05, 0) is 25.0 Å². The minimum absolute atomic E-state index is 0.0317. The van der Waals surface area contributed by atoms with Gasteiger partial charge in [-0.2, -0.15) is 0 Å². The summed E-state index contributed by atoms with van der Waals surface area (Å²) in [6, 6.07) is 8.56. The minimum Gasteiger partial charge on any atom is -0.481 e. The highest BCUT2D eigenvalue weighted by atomic mass is 16.5. The summed E-state index contributed by atoms with van der Waals surface area (Å²) in [5.41, 5.74) is -0.367. The quantitative estimate of drug-likeness (QED) is 0.784. The molecule has 0 aromatic heterocycles. The summed E-state index contributed by atoms with van der Waals surface area (Å²) >= 11 is 0. The molecule has 1 aliphatic rings. The fraction of sp³-hybridized carbons (Fsp3) is 0.333. The van der Waals surface area contributed by atoms with E-state index in [9.17, 15) is 9.59 Å². The molecule has 0 radical (unpaired) electrons. The second-order valence-corrected chi connectivity index (χ2v) is 4.03. The molecule has 4 heteroatoms. The Hall–Kier alpha value is -1.84. The molecule has 1 aromatic rings. The number of rotatable bonds is 4. The standard InChI is InChI=1S/C12H12O4/c13-10(9-4-2-1-3-5-9)16-8-12(6-7-12)11(14)15/h1-5H,6-8H2,(H,14,15). The van der Waals surface area contributed by atoms with Crippen molar-refractivity contribution in [1.82, 2.24) is 0 Å². The van der Waals surface area contributed by atoms with Crippen molar-refractivity contribution >= 4 is 11.9 Å². The Kier molecular flexibility index (Phi) is 2.64. The summed E-state index contributed by atoms with van der Waals surface area (Å²) in [6.07, 6.45) is 1.18. The van der Waals surface area contributed by atoms with E-state index < -0.39 is 17.4 Å². The maximum Gasteiger partial charge on any atom is 0.338 e. The molecular formula is C12H12O4. The molecule has 0 amide bonds. The number of hydrogen-bond acceptors (Lipinski definition) is 3. The van der Waals surface area contributed by atoms with Gasteiger partial charge in [0.15, 0.2) is 0 Å². The average Bonchev–Trinajstić information content (AvgIpc) is 3.08. The van der Waals surface area contributed by atoms with E-state index in [-0.39, 0.29) is 6.61 Å². The van der Waals surface area contributed by atoms with Crippen LogP contribution in [0, 0.1) is 5.41 Å². The summed E-state index contributed by atoms with van der Waals surface area (Å²) in [6.45, 7) is -0.0317. The molecule has 1 aromatic carbocycles. The fourth-order valence-corrected chi connectivity index (χ4v) is 1.43. The zero-order chi connectivity index (χ0) is 11.6. The molecular weight excluding hydrogens is 208 g/mol. The molecule has 0 spiro atoms. The van der Waals surface area contributed by atoms with E-state index in [1.165, 1.54) is 0 Å². The molecule has 0 bridgehead atoms. The molecule has 1 saturated carbocycles. The van der Waals surface area contributed by atoms with Crippen molar-refractivity contribution in [2.24, 2.45) is 5.41 Å². The van der Waals surface area contributed by atoms with Gasteiger partial charge in [-0.25, -0.2) is 4.79 Å². The number of aliphatic carboxylic acids is 1. The van der Waals surface area contributed by atoms with E-state index in [4.69, 9.17) is 9.84 Å². The van der Waals surface area contributed by atoms with Crippen LogP contribution in [0.4, 0.5) is 0 Å². The molecule has 0 atom stereocenters. The van der Waals surface area contributed by atoms with Crippen LogP contribution in [0.3, 0.4) is 0 Å². The first kappa shape index (κ1) is 10.7. The number of esters is 1. The molecule has 0 unspecified atom stereocenters. The summed E-state index contributed by atoms with van der Waals surface area (Å²) in [4.78, 5) is 22.4. The maximum atomic E-state index is 11.5. The third-order valence-electron chi connectivity index (χ3n) is 2.80. The van der Waals surface area contributed by atoms with Crippen LogP contribution in [0.2, 0.25) is 0 Å². The number of hydrogen-bond donors (Lipinski definition) is 1. The van der Waals surface area contributed by atoms with Crippen LogP contribution in [-0.4, -0.2) is 23.7 Å². The third-order valence-corrected chi connectivity index (χ3v) is 2.80. The van der Waals surface area contributed by atoms with Crippen molar-refractivity contribution in [2.75, 3.05) is 6.61 Å². The summed E-state index contributed by atoms with van der Waals surface area (Å²) < 4.78 is 5.00. The Morgan fingerprint density at radius 1 is 1.25 bits per heavy atom. The summed E-state index contributed by atoms with van der Waals surface area (Å²) in [5, 5.41) is 8.90. The minimum atomic E-state index is -0.881. The van der Waals surface area contributed by atoms with Gasteiger partial charge in [0.25, 0.3) is 0 Å². The van der Waals surface area contributed by atoms with Gasteiger partial charge in [0.2, 0.25) is 0 Å². The Morgan fingerprint density at radius 2 is 1.88 bits per heavy atom. The van der Waals surface area contributed by atoms with Crippen LogP contribution in [0.15, 0.2) is 30.3 Å². The van der Waals surface area contributed by atoms with E-state index in [1.54, 1.807) is 30.3 Å². The van der Waals surface area contributed by atoms with Crippen LogP contribution in [0.1, 0.15) is 23.2 Å². The Balaban J connectivity index is 1.92. The lowest BCUT2D eigenvalue weighted by molar-refractivity contribution is -0.144. The number of ether oxygens (including phenoxy) is 1. The van der Waals surface area contributed by atoms with Crippen molar-refractivity contribution < 1.29 is 19.4 Å². The summed E-state index contributed by atoms with van der Waals surface area (Å²) in [7, 11) is 0. The van der Waals surface area contributed by atoms with Crippen molar-refractivity contribution in [1.29, 1.82) is 0 Å². The number of carbonyl (C=O) groups excluding carboxylic acids is 1. The van der Waals surface area contributed by atoms with E-state index in [2.05, 4.69) is 0 Å². The van der Waals surface area contributed by atoms with Gasteiger partial charge in [0, 0.05) is 0 Å². The van der Waals surface area contributed by atoms with Crippen LogP contribution in [0.5, 0.6) is 0 Å². The van der Waals surface area contributed by atoms with E-state index in [1.807, 2.05) is 0 Å². The highest BCUT2D eigenvalue weighted by molar-refractivity contribution is 5.89. The SMILES string of the molecule is O=C(OCC1(C(=O)O)CC1)c1ccccc1. The second kappa shape index (κ2) is 3.96. The van der Waals surface area contributed by atoms with Gasteiger partial charge in [-0.3, -0.25) is 4.79 Å². The fourth-order valence-electron chi connectivity index (χ4n) is 1.43. The number of carboxylic acids is 1. The van der Waals surface area contributed by atoms with Gasteiger partial charge in [0.05, 0.1) is 5.56 Å². The zero-order valence-electron chi connectivity index (χ0n) is 8.68. The van der Waals surface area contributed by atoms with Crippen molar-refractivity contribution in [3.05, 3.63) is 35.9 Å². The number of benzene rings is 1. The van der Waals surface area contributed by atoms with Crippen molar-refractivity contribution in [3.63, 3.8) is 0 Å². The first-order valence-electron chi connectivity index (χ1n) is 5.10. The van der Waals surface area contributed by atoms with Crippen molar-refractivity contribution in [3.8, 4) is 0 Å². The molecule has 1 N–H and O–H groups in total. The lowest BCUT2D eigenvalue weighted by Gasteiger charge is -2.10. The Morgan fingerprint density at radius 3 is 2.38 bits per heavy atom. The van der Waals surface area contributed by atoms with Crippen molar-refractivity contribution in [2.45, 2.75) is 12.8 Å². The van der Waals surface area contributed by atoms with Gasteiger partial charge in [-0.15, -0.1) is 0 Å². The van der Waals surface area contributed by atoms with Gasteiger partial charge >= 0.3 is 11.9 Å². The largest absolute Gasteiger partial charge is 0.481 e. The van der Waals surface area contributed by atoms with E-state index in [0.717, 1.165) is 0 Å². The lowest BCUT2D eigenvalue weighted by atomic mass is 10.1. The highest BCUT2D eigenvalue weighted by Gasteiger charge is 2.51. The molecule has 16 heavy (non-hydrogen) atoms. The van der Waals surface area contributed by atoms with E-state index in [0.29, 0.717) is 18.4 Å². The molecule has 0 heterocycles. The number of carboxylic acid groups (broad SMARTS) is 1. The monoisotopic (exact) mass is 220 g/mol. The molecule has 0 saturated heterocycles. The van der Waals surface area contributed by atoms with Gasteiger partial charge in [0.1, 0.15) is 12.0 Å². The highest BCUT2D eigenvalue weighted by Crippen LogP contribution is 2.46. The maximum absolute atomic E-state index is 11.5. The van der Waals surface area contributed by atoms with Crippen LogP contribution in [0.25, 0.3) is 0 Å². The lowest BCUT2D eigenvalue weighted by Crippen LogP contribution is -2.23. The van der Waals surface area contributed by atoms with Gasteiger partial charge < -0.3 is 9.84 Å². The second-order valence-electron chi connectivity index (χ2n) is 4.03. The predicted molar refractivity (Wildman–Crippen MR) is 56.0 cm³/mol. The first-order chi connectivity index (χ1) is 7.64. The molecule has 4 nitrogen and oxygen atoms in total. The third kappa shape index (κ3) is 2.05. The topological polar surface area (TPSA) is 63.6 Å². The van der Waals surface area contributed by atoms with Crippen LogP contribution in [-0.2, 0) is 9.53 Å². The summed E-state index contributed by atoms with van der Waals surface area (Å²) in [5.74, 6) is -1.35. The average molecular weight is 220 g/mol.